The van der Waals surface area contributed by atoms with Gasteiger partial charge in [-0.1, -0.05) is 13.5 Å². The Balaban J connectivity index is 1.81. The molecule has 0 amide bonds. The normalized spacial score (nSPS) is 56.0. The van der Waals surface area contributed by atoms with E-state index in [0.717, 1.165) is 25.7 Å². The van der Waals surface area contributed by atoms with Crippen molar-refractivity contribution in [3.05, 3.63) is 12.2 Å². The Morgan fingerprint density at radius 2 is 2.10 bits per heavy atom. The van der Waals surface area contributed by atoms with Gasteiger partial charge in [-0.2, -0.15) is 0 Å². The largest absolute Gasteiger partial charge is 0.315 e. The van der Waals surface area contributed by atoms with Crippen molar-refractivity contribution in [3.8, 4) is 0 Å². The van der Waals surface area contributed by atoms with E-state index in [2.05, 4.69) is 18.4 Å². The topological polar surface area (TPSA) is 66.4 Å². The highest BCUT2D eigenvalue weighted by atomic mass is 17.3. The smallest absolute Gasteiger partial charge is 0.215 e. The molecule has 0 unspecified atom stereocenters. The van der Waals surface area contributed by atoms with Gasteiger partial charge >= 0.3 is 0 Å². The molecule has 2 bridgehead atoms. The minimum atomic E-state index is -0.869. The minimum absolute atomic E-state index is 0.00255. The predicted octanol–water partition coefficient (Wildman–Crippen LogP) is 2.60. The fourth-order valence-electron chi connectivity index (χ4n) is 4.65. The van der Waals surface area contributed by atoms with Crippen LogP contribution in [0.5, 0.6) is 0 Å². The molecule has 1 aliphatic carbocycles. The van der Waals surface area contributed by atoms with Crippen LogP contribution in [0.3, 0.4) is 0 Å². The maximum Gasteiger partial charge on any atom is 0.215 e. The van der Waals surface area contributed by atoms with Gasteiger partial charge in [0.2, 0.25) is 12.1 Å². The van der Waals surface area contributed by atoms with Gasteiger partial charge in [0.15, 0.2) is 11.9 Å². The van der Waals surface area contributed by atoms with E-state index in [1.807, 2.05) is 6.92 Å². The van der Waals surface area contributed by atoms with E-state index in [1.165, 1.54) is 0 Å². The summed E-state index contributed by atoms with van der Waals surface area (Å²) in [6.45, 7) is 8.16. The first-order chi connectivity index (χ1) is 10.00. The van der Waals surface area contributed by atoms with E-state index in [4.69, 9.17) is 24.5 Å². The molecule has 1 spiro atoms. The van der Waals surface area contributed by atoms with Crippen LogP contribution in [0.4, 0.5) is 0 Å². The van der Waals surface area contributed by atoms with Gasteiger partial charge in [-0.25, -0.2) is 19.9 Å². The first-order valence-corrected chi connectivity index (χ1v) is 7.69. The van der Waals surface area contributed by atoms with Crippen molar-refractivity contribution in [2.75, 3.05) is 0 Å². The van der Waals surface area contributed by atoms with E-state index in [0.29, 0.717) is 11.5 Å². The zero-order valence-corrected chi connectivity index (χ0v) is 12.4. The van der Waals surface area contributed by atoms with Crippen LogP contribution < -0.4 is 0 Å². The molecule has 4 heterocycles. The molecule has 6 nitrogen and oxygen atoms in total. The number of ether oxygens (including phenoxy) is 2. The monoisotopic (exact) mass is 298 g/mol. The summed E-state index contributed by atoms with van der Waals surface area (Å²) < 4.78 is 11.9. The Morgan fingerprint density at radius 1 is 1.29 bits per heavy atom. The first-order valence-electron chi connectivity index (χ1n) is 7.69. The highest BCUT2D eigenvalue weighted by Gasteiger charge is 2.69. The number of hydrogen-bond acceptors (Lipinski definition) is 6. The zero-order chi connectivity index (χ0) is 14.8. The van der Waals surface area contributed by atoms with Crippen molar-refractivity contribution in [2.24, 2.45) is 17.8 Å². The summed E-state index contributed by atoms with van der Waals surface area (Å²) >= 11 is 0. The maximum absolute atomic E-state index is 9.09. The van der Waals surface area contributed by atoms with Gasteiger partial charge < -0.3 is 9.47 Å². The summed E-state index contributed by atoms with van der Waals surface area (Å²) in [5.74, 6) is -0.0328. The van der Waals surface area contributed by atoms with Crippen LogP contribution in [0.2, 0.25) is 0 Å². The molecular weight excluding hydrogens is 276 g/mol. The Hall–Kier alpha value is -0.500. The lowest BCUT2D eigenvalue weighted by atomic mass is 9.59. The van der Waals surface area contributed by atoms with Gasteiger partial charge in [-0.3, -0.25) is 0 Å². The second kappa shape index (κ2) is 4.50. The summed E-state index contributed by atoms with van der Waals surface area (Å²) in [5, 5.41) is 9.09. The molecule has 6 heteroatoms. The molecule has 5 rings (SSSR count). The lowest BCUT2D eigenvalue weighted by Gasteiger charge is -2.58. The lowest BCUT2D eigenvalue weighted by Crippen LogP contribution is -2.69. The fraction of sp³-hybridized carbons (Fsp3) is 0.867. The number of rotatable bonds is 1. The van der Waals surface area contributed by atoms with Gasteiger partial charge in [0.05, 0.1) is 0 Å². The van der Waals surface area contributed by atoms with Crippen LogP contribution in [0, 0.1) is 17.8 Å². The van der Waals surface area contributed by atoms with Crippen molar-refractivity contribution in [1.29, 1.82) is 0 Å². The van der Waals surface area contributed by atoms with Crippen LogP contribution in [0.25, 0.3) is 0 Å². The zero-order valence-electron chi connectivity index (χ0n) is 12.4. The Morgan fingerprint density at radius 3 is 2.86 bits per heavy atom. The van der Waals surface area contributed by atoms with Gasteiger partial charge in [-0.05, 0) is 43.6 Å². The summed E-state index contributed by atoms with van der Waals surface area (Å²) in [5.41, 5.74) is 0.0168. The quantitative estimate of drug-likeness (QED) is 0.456. The molecule has 4 aliphatic heterocycles. The highest BCUT2D eigenvalue weighted by molar-refractivity contribution is 5.21. The summed E-state index contributed by atoms with van der Waals surface area (Å²) in [6, 6.07) is 0. The molecule has 1 saturated carbocycles. The third-order valence-electron chi connectivity index (χ3n) is 5.81. The van der Waals surface area contributed by atoms with E-state index >= 15 is 0 Å². The Kier molecular flexibility index (Phi) is 3.03. The van der Waals surface area contributed by atoms with Gasteiger partial charge in [0.1, 0.15) is 0 Å². The van der Waals surface area contributed by atoms with E-state index in [1.54, 1.807) is 0 Å². The van der Waals surface area contributed by atoms with Crippen molar-refractivity contribution < 1.29 is 29.4 Å². The van der Waals surface area contributed by atoms with E-state index in [9.17, 15) is 0 Å². The van der Waals surface area contributed by atoms with Crippen molar-refractivity contribution in [2.45, 2.75) is 63.5 Å². The van der Waals surface area contributed by atoms with E-state index < -0.39 is 24.0 Å². The third kappa shape index (κ3) is 1.75. The van der Waals surface area contributed by atoms with Gasteiger partial charge in [0.25, 0.3) is 0 Å². The summed E-state index contributed by atoms with van der Waals surface area (Å²) in [7, 11) is 0. The van der Waals surface area contributed by atoms with Gasteiger partial charge in [0, 0.05) is 12.3 Å². The molecule has 0 aromatic rings. The van der Waals surface area contributed by atoms with Crippen molar-refractivity contribution in [1.82, 2.24) is 0 Å². The molecule has 21 heavy (non-hydrogen) atoms. The molecule has 0 radical (unpaired) electrons. The molecule has 118 valence electrons. The van der Waals surface area contributed by atoms with E-state index in [-0.39, 0.29) is 11.8 Å². The summed E-state index contributed by atoms with van der Waals surface area (Å²) in [4.78, 5) is 16.0. The minimum Gasteiger partial charge on any atom is -0.315 e. The molecule has 5 aliphatic rings. The Labute approximate surface area is 123 Å². The average molecular weight is 298 g/mol. The predicted molar refractivity (Wildman–Crippen MR) is 70.5 cm³/mol. The molecule has 0 aromatic carbocycles. The summed E-state index contributed by atoms with van der Waals surface area (Å²) in [6.07, 6.45) is 2.23. The SMILES string of the molecule is C=C1[C@@H](OO)O[C@@H]2O[C@]3(C)CC[C@H]4[C@H](C)CC[C@@H]1[C@@]24OO3. The second-order valence-corrected chi connectivity index (χ2v) is 7.00. The third-order valence-corrected chi connectivity index (χ3v) is 5.81. The van der Waals surface area contributed by atoms with Crippen molar-refractivity contribution >= 4 is 0 Å². The van der Waals surface area contributed by atoms with Gasteiger partial charge in [-0.15, -0.1) is 0 Å². The van der Waals surface area contributed by atoms with Crippen LogP contribution in [-0.2, 0) is 24.1 Å². The van der Waals surface area contributed by atoms with Crippen LogP contribution in [0.1, 0.15) is 39.5 Å². The average Bonchev–Trinajstić information content (AvgIpc) is 2.69. The van der Waals surface area contributed by atoms with Crippen molar-refractivity contribution in [3.63, 3.8) is 0 Å². The molecule has 0 aromatic heterocycles. The highest BCUT2D eigenvalue weighted by Crippen LogP contribution is 2.60. The number of hydrogen-bond donors (Lipinski definition) is 1. The second-order valence-electron chi connectivity index (χ2n) is 7.00. The van der Waals surface area contributed by atoms with Crippen LogP contribution >= 0.6 is 0 Å². The van der Waals surface area contributed by atoms with Crippen LogP contribution in [0.15, 0.2) is 12.2 Å². The van der Waals surface area contributed by atoms with Crippen LogP contribution in [-0.4, -0.2) is 29.2 Å². The first kappa shape index (κ1) is 14.1. The maximum atomic E-state index is 9.09. The fourth-order valence-corrected chi connectivity index (χ4v) is 4.65. The molecular formula is C15H22O6. The lowest BCUT2D eigenvalue weighted by molar-refractivity contribution is -0.573. The molecule has 4 saturated heterocycles. The molecule has 7 atom stereocenters. The number of fused-ring (bicyclic) bond motifs is 2. The molecule has 1 N–H and O–H groups in total. The molecule has 5 fully saturated rings. The Bertz CT molecular complexity index is 467. The standard InChI is InChI=1S/C15H22O6/c1-8-4-5-11-9(2)12(19-16)17-13-15(11)10(8)6-7-14(3,18-13)20-21-15/h8,10-13,16H,2,4-7H2,1,3H3/t8-,10+,11+,12-,13-,14+,15-/m1/s1.